The number of carbonyl (C=O) groups excluding carboxylic acids is 1. The van der Waals surface area contributed by atoms with Crippen LogP contribution in [0.5, 0.6) is 0 Å². The minimum atomic E-state index is -4.61. The van der Waals surface area contributed by atoms with Crippen LogP contribution < -0.4 is 10.2 Å². The van der Waals surface area contributed by atoms with Crippen molar-refractivity contribution in [1.29, 1.82) is 0 Å². The quantitative estimate of drug-likeness (QED) is 0.0216. The Labute approximate surface area is 325 Å². The molecule has 1 unspecified atom stereocenters. The molecule has 0 saturated heterocycles. The highest BCUT2D eigenvalue weighted by molar-refractivity contribution is 7.45. The SMILES string of the molecule is CCCCCCCC/C=C/C=C/[C@@H](O)[C@H](COP(=O)([O-])OCC[N+](C)(C)C)NC(=O)CCC/C=C/C/C=C/C/C=C/C/C=C/CCCCCCCCC. The summed E-state index contributed by atoms with van der Waals surface area (Å²) >= 11 is 0. The van der Waals surface area contributed by atoms with Gasteiger partial charge in [0.15, 0.2) is 0 Å². The summed E-state index contributed by atoms with van der Waals surface area (Å²) in [6.07, 6.45) is 46.9. The van der Waals surface area contributed by atoms with Crippen molar-refractivity contribution >= 4 is 13.7 Å². The molecule has 1 amide bonds. The standard InChI is InChI=1S/C44H79N2O6P/c1-6-8-10-12-14-16-18-19-20-21-22-23-24-25-26-27-28-30-32-34-36-38-44(48)45-42(41-52-53(49,50)51-40-39-46(3,4)5)43(47)37-35-33-31-29-17-15-13-11-9-7-2/h20-21,23-24,26-27,30-33,35,37,42-43,47H,6-19,22,25,28-29,34,36,38-41H2,1-5H3,(H-,45,48,49,50)/b21-20+,24-23+,27-26+,32-30+,33-31+,37-35+/t42-,43+/m0/s1. The zero-order chi connectivity index (χ0) is 39.3. The number of hydrogen-bond donors (Lipinski definition) is 2. The fraction of sp³-hybridized carbons (Fsp3) is 0.705. The van der Waals surface area contributed by atoms with Gasteiger partial charge < -0.3 is 28.8 Å². The first-order valence-corrected chi connectivity index (χ1v) is 22.3. The highest BCUT2D eigenvalue weighted by Crippen LogP contribution is 2.38. The van der Waals surface area contributed by atoms with Gasteiger partial charge in [-0.3, -0.25) is 9.36 Å². The van der Waals surface area contributed by atoms with Crippen LogP contribution in [0.2, 0.25) is 0 Å². The molecule has 8 nitrogen and oxygen atoms in total. The molecule has 3 atom stereocenters. The fourth-order valence-electron chi connectivity index (χ4n) is 5.32. The van der Waals surface area contributed by atoms with Gasteiger partial charge >= 0.3 is 0 Å². The van der Waals surface area contributed by atoms with E-state index in [1.807, 2.05) is 27.2 Å². The summed E-state index contributed by atoms with van der Waals surface area (Å²) in [5.41, 5.74) is 0. The van der Waals surface area contributed by atoms with Gasteiger partial charge in [0, 0.05) is 6.42 Å². The second kappa shape index (κ2) is 35.6. The molecule has 2 N–H and O–H groups in total. The maximum Gasteiger partial charge on any atom is 0.268 e. The molecule has 0 heterocycles. The summed E-state index contributed by atoms with van der Waals surface area (Å²) in [7, 11) is 1.18. The van der Waals surface area contributed by atoms with Crippen molar-refractivity contribution < 1.29 is 32.9 Å². The molecule has 0 aliphatic rings. The minimum absolute atomic E-state index is 0.0230. The molecule has 0 radical (unpaired) electrons. The molecule has 0 rings (SSSR count). The van der Waals surface area contributed by atoms with E-state index in [9.17, 15) is 19.4 Å². The average molecular weight is 763 g/mol. The topological polar surface area (TPSA) is 108 Å². The molecule has 0 aromatic rings. The number of aliphatic hydroxyl groups excluding tert-OH is 1. The molecule has 9 heteroatoms. The number of quaternary nitrogens is 1. The van der Waals surface area contributed by atoms with E-state index in [1.165, 1.54) is 83.5 Å². The van der Waals surface area contributed by atoms with Crippen LogP contribution in [-0.2, 0) is 18.4 Å². The number of rotatable bonds is 36. The van der Waals surface area contributed by atoms with Gasteiger partial charge in [0.25, 0.3) is 7.82 Å². The largest absolute Gasteiger partial charge is 0.756 e. The van der Waals surface area contributed by atoms with E-state index in [0.29, 0.717) is 17.4 Å². The smallest absolute Gasteiger partial charge is 0.268 e. The molecule has 0 aromatic heterocycles. The van der Waals surface area contributed by atoms with Gasteiger partial charge in [-0.1, -0.05) is 157 Å². The Morgan fingerprint density at radius 3 is 1.68 bits per heavy atom. The number of amides is 1. The summed E-state index contributed by atoms with van der Waals surface area (Å²) in [6.45, 7) is 4.50. The number of nitrogens with one attached hydrogen (secondary N) is 1. The second-order valence-corrected chi connectivity index (χ2v) is 16.4. The Kier molecular flexibility index (Phi) is 34.2. The first-order valence-electron chi connectivity index (χ1n) is 20.8. The molecule has 0 aliphatic heterocycles. The molecule has 0 bridgehead atoms. The summed E-state index contributed by atoms with van der Waals surface area (Å²) in [4.78, 5) is 25.1. The van der Waals surface area contributed by atoms with E-state index in [1.54, 1.807) is 12.2 Å². The van der Waals surface area contributed by atoms with Crippen LogP contribution in [0.1, 0.15) is 149 Å². The predicted molar refractivity (Wildman–Crippen MR) is 223 cm³/mol. The number of aliphatic hydroxyl groups is 1. The van der Waals surface area contributed by atoms with Crippen molar-refractivity contribution in [2.45, 2.75) is 161 Å². The van der Waals surface area contributed by atoms with Crippen molar-refractivity contribution in [3.05, 3.63) is 72.9 Å². The molecule has 0 aliphatic carbocycles. The monoisotopic (exact) mass is 763 g/mol. The van der Waals surface area contributed by atoms with Crippen molar-refractivity contribution in [2.75, 3.05) is 40.9 Å². The fourth-order valence-corrected chi connectivity index (χ4v) is 6.04. The minimum Gasteiger partial charge on any atom is -0.756 e. The normalized spacial score (nSPS) is 15.2. The zero-order valence-electron chi connectivity index (χ0n) is 34.4. The van der Waals surface area contributed by atoms with Crippen LogP contribution in [-0.4, -0.2) is 68.5 Å². The van der Waals surface area contributed by atoms with Gasteiger partial charge in [-0.25, -0.2) is 0 Å². The highest BCUT2D eigenvalue weighted by atomic mass is 31.2. The number of hydrogen-bond acceptors (Lipinski definition) is 6. The number of allylic oxidation sites excluding steroid dienone is 11. The maximum absolute atomic E-state index is 12.8. The number of nitrogens with zero attached hydrogens (tertiary/aromatic N) is 1. The molecule has 0 saturated carbocycles. The second-order valence-electron chi connectivity index (χ2n) is 15.0. The zero-order valence-corrected chi connectivity index (χ0v) is 35.3. The molecule has 306 valence electrons. The Bertz CT molecular complexity index is 1090. The van der Waals surface area contributed by atoms with Crippen LogP contribution in [0.3, 0.4) is 0 Å². The first-order chi connectivity index (χ1) is 25.5. The third-order valence-electron chi connectivity index (χ3n) is 8.69. The van der Waals surface area contributed by atoms with Crippen molar-refractivity contribution in [1.82, 2.24) is 5.32 Å². The lowest BCUT2D eigenvalue weighted by atomic mass is 10.1. The van der Waals surface area contributed by atoms with Gasteiger partial charge in [-0.15, -0.1) is 0 Å². The van der Waals surface area contributed by atoms with E-state index >= 15 is 0 Å². The van der Waals surface area contributed by atoms with Crippen LogP contribution in [0.15, 0.2) is 72.9 Å². The Balaban J connectivity index is 4.55. The van der Waals surface area contributed by atoms with Crippen LogP contribution >= 0.6 is 7.82 Å². The third kappa shape index (κ3) is 38.0. The Hall–Kier alpha value is -2.06. The van der Waals surface area contributed by atoms with Crippen LogP contribution in [0, 0.1) is 0 Å². The Morgan fingerprint density at radius 2 is 1.15 bits per heavy atom. The first kappa shape index (κ1) is 50.9. The van der Waals surface area contributed by atoms with Gasteiger partial charge in [-0.2, -0.15) is 0 Å². The summed E-state index contributed by atoms with van der Waals surface area (Å²) in [6, 6.07) is -0.948. The van der Waals surface area contributed by atoms with Gasteiger partial charge in [-0.05, 0) is 57.8 Å². The molecule has 0 fully saturated rings. The highest BCUT2D eigenvalue weighted by Gasteiger charge is 2.23. The van der Waals surface area contributed by atoms with Gasteiger partial charge in [0.1, 0.15) is 13.2 Å². The van der Waals surface area contributed by atoms with E-state index in [4.69, 9.17) is 9.05 Å². The van der Waals surface area contributed by atoms with Crippen molar-refractivity contribution in [2.24, 2.45) is 0 Å². The van der Waals surface area contributed by atoms with Gasteiger partial charge in [0.05, 0.1) is 39.9 Å². The predicted octanol–water partition coefficient (Wildman–Crippen LogP) is 10.6. The van der Waals surface area contributed by atoms with Gasteiger partial charge in [0.2, 0.25) is 5.91 Å². The lowest BCUT2D eigenvalue weighted by molar-refractivity contribution is -0.870. The number of phosphoric ester groups is 1. The third-order valence-corrected chi connectivity index (χ3v) is 9.66. The number of likely N-dealkylation sites (N-methyl/N-ethyl adjacent to an activating group) is 1. The number of phosphoric acid groups is 1. The number of carbonyl (C=O) groups is 1. The lowest BCUT2D eigenvalue weighted by Crippen LogP contribution is -2.45. The van der Waals surface area contributed by atoms with E-state index < -0.39 is 26.6 Å². The Morgan fingerprint density at radius 1 is 0.679 bits per heavy atom. The molecule has 0 spiro atoms. The van der Waals surface area contributed by atoms with Crippen LogP contribution in [0.25, 0.3) is 0 Å². The summed E-state index contributed by atoms with van der Waals surface area (Å²) in [5, 5.41) is 13.6. The van der Waals surface area contributed by atoms with Crippen LogP contribution in [0.4, 0.5) is 0 Å². The average Bonchev–Trinajstić information content (AvgIpc) is 3.10. The van der Waals surface area contributed by atoms with E-state index in [-0.39, 0.29) is 18.9 Å². The van der Waals surface area contributed by atoms with Crippen molar-refractivity contribution in [3.8, 4) is 0 Å². The molecule has 53 heavy (non-hydrogen) atoms. The molecule has 0 aromatic carbocycles. The molecular weight excluding hydrogens is 683 g/mol. The summed E-state index contributed by atoms with van der Waals surface area (Å²) < 4.78 is 23.0. The summed E-state index contributed by atoms with van der Waals surface area (Å²) in [5.74, 6) is -0.274. The lowest BCUT2D eigenvalue weighted by Gasteiger charge is -2.29. The van der Waals surface area contributed by atoms with Crippen molar-refractivity contribution in [3.63, 3.8) is 0 Å². The van der Waals surface area contributed by atoms with E-state index in [2.05, 4.69) is 73.8 Å². The van der Waals surface area contributed by atoms with E-state index in [0.717, 1.165) is 38.5 Å². The number of unbranched alkanes of at least 4 members (excludes halogenated alkanes) is 14. The molecular formula is C44H79N2O6P. The maximum atomic E-state index is 12.8.